The van der Waals surface area contributed by atoms with Crippen LogP contribution in [0.25, 0.3) is 0 Å². The number of nitrogens with zero attached hydrogens (tertiary/aromatic N) is 1. The third-order valence-corrected chi connectivity index (χ3v) is 6.60. The van der Waals surface area contributed by atoms with Crippen LogP contribution in [0.15, 0.2) is 72.8 Å². The zero-order chi connectivity index (χ0) is 27.9. The van der Waals surface area contributed by atoms with E-state index < -0.39 is 11.6 Å². The summed E-state index contributed by atoms with van der Waals surface area (Å²) in [7, 11) is 0. The van der Waals surface area contributed by atoms with Crippen molar-refractivity contribution in [3.05, 3.63) is 99.5 Å². The first kappa shape index (κ1) is 29.5. The molecule has 2 amide bonds. The lowest BCUT2D eigenvalue weighted by atomic mass is 10.0. The molecule has 1 atom stereocenters. The quantitative estimate of drug-likeness (QED) is 0.292. The highest BCUT2D eigenvalue weighted by Crippen LogP contribution is 2.27. The van der Waals surface area contributed by atoms with E-state index in [9.17, 15) is 9.59 Å². The molecule has 0 bridgehead atoms. The van der Waals surface area contributed by atoms with E-state index in [1.807, 2.05) is 75.4 Å². The SMILES string of the molecule is CC(C)c1ccccc1OCC(=O)N(Cc1ccc(Cl)cc1Cl)[C@@H](Cc1ccccc1)C(=O)NC(C)(C)C. The lowest BCUT2D eigenvalue weighted by Crippen LogP contribution is -2.55. The summed E-state index contributed by atoms with van der Waals surface area (Å²) in [5.41, 5.74) is 2.16. The van der Waals surface area contributed by atoms with Crippen LogP contribution >= 0.6 is 23.2 Å². The molecule has 0 fully saturated rings. The molecule has 5 nitrogen and oxygen atoms in total. The third-order valence-electron chi connectivity index (χ3n) is 6.02. The Bertz CT molecular complexity index is 1240. The number of hydrogen-bond acceptors (Lipinski definition) is 3. The molecular weight excluding hydrogens is 519 g/mol. The molecule has 7 heteroatoms. The molecule has 202 valence electrons. The molecule has 0 aliphatic rings. The molecule has 3 rings (SSSR count). The Morgan fingerprint density at radius 3 is 2.24 bits per heavy atom. The summed E-state index contributed by atoms with van der Waals surface area (Å²) in [5, 5.41) is 3.98. The molecule has 0 saturated heterocycles. The summed E-state index contributed by atoms with van der Waals surface area (Å²) in [4.78, 5) is 29.0. The fourth-order valence-electron chi connectivity index (χ4n) is 4.15. The summed E-state index contributed by atoms with van der Waals surface area (Å²) in [6, 6.07) is 21.7. The van der Waals surface area contributed by atoms with Gasteiger partial charge in [0.05, 0.1) is 0 Å². The van der Waals surface area contributed by atoms with E-state index in [0.29, 0.717) is 27.8 Å². The Morgan fingerprint density at radius 1 is 0.947 bits per heavy atom. The first-order valence-electron chi connectivity index (χ1n) is 12.8. The van der Waals surface area contributed by atoms with Gasteiger partial charge in [0.2, 0.25) is 5.91 Å². The van der Waals surface area contributed by atoms with Crippen LogP contribution in [0, 0.1) is 0 Å². The number of carbonyl (C=O) groups excluding carboxylic acids is 2. The summed E-state index contributed by atoms with van der Waals surface area (Å²) < 4.78 is 6.03. The Kier molecular flexibility index (Phi) is 10.2. The second kappa shape index (κ2) is 13.2. The monoisotopic (exact) mass is 554 g/mol. The molecule has 0 aliphatic carbocycles. The highest BCUT2D eigenvalue weighted by atomic mass is 35.5. The number of nitrogens with one attached hydrogen (secondary N) is 1. The Hall–Kier alpha value is -3.02. The Morgan fingerprint density at radius 2 is 1.61 bits per heavy atom. The first-order valence-corrected chi connectivity index (χ1v) is 13.5. The fourth-order valence-corrected chi connectivity index (χ4v) is 4.62. The standard InChI is InChI=1S/C31H36Cl2N2O3/c1-21(2)25-13-9-10-14-28(25)38-20-29(36)35(19-23-15-16-24(32)18-26(23)33)27(30(37)34-31(3,4)5)17-22-11-7-6-8-12-22/h6-16,18,21,27H,17,19-20H2,1-5H3,(H,34,37)/t27-/m0/s1. The van der Waals surface area contributed by atoms with Crippen LogP contribution in [0.4, 0.5) is 0 Å². The number of hydrogen-bond donors (Lipinski definition) is 1. The fraction of sp³-hybridized carbons (Fsp3) is 0.355. The molecule has 0 spiro atoms. The van der Waals surface area contributed by atoms with Gasteiger partial charge in [-0.05, 0) is 61.6 Å². The Labute approximate surface area is 236 Å². The maximum absolute atomic E-state index is 13.8. The summed E-state index contributed by atoms with van der Waals surface area (Å²) in [6.45, 7) is 9.80. The molecule has 3 aromatic rings. The first-order chi connectivity index (χ1) is 17.9. The second-order valence-corrected chi connectivity index (χ2v) is 11.5. The second-order valence-electron chi connectivity index (χ2n) is 10.7. The summed E-state index contributed by atoms with van der Waals surface area (Å²) in [6.07, 6.45) is 0.336. The smallest absolute Gasteiger partial charge is 0.261 e. The number of benzene rings is 3. The number of rotatable bonds is 10. The van der Waals surface area contributed by atoms with E-state index in [4.69, 9.17) is 27.9 Å². The van der Waals surface area contributed by atoms with Crippen LogP contribution in [0.3, 0.4) is 0 Å². The molecule has 0 aliphatic heterocycles. The van der Waals surface area contributed by atoms with Gasteiger partial charge in [0.1, 0.15) is 11.8 Å². The average molecular weight is 556 g/mol. The van der Waals surface area contributed by atoms with Gasteiger partial charge in [0, 0.05) is 28.5 Å². The van der Waals surface area contributed by atoms with E-state index in [0.717, 1.165) is 11.1 Å². The summed E-state index contributed by atoms with van der Waals surface area (Å²) >= 11 is 12.6. The number of amides is 2. The van der Waals surface area contributed by atoms with Crippen molar-refractivity contribution in [3.63, 3.8) is 0 Å². The number of ether oxygens (including phenoxy) is 1. The van der Waals surface area contributed by atoms with Crippen molar-refractivity contribution in [2.24, 2.45) is 0 Å². The van der Waals surface area contributed by atoms with E-state index in [-0.39, 0.29) is 30.9 Å². The molecule has 1 N–H and O–H groups in total. The van der Waals surface area contributed by atoms with Crippen molar-refractivity contribution < 1.29 is 14.3 Å². The van der Waals surface area contributed by atoms with Gasteiger partial charge in [-0.1, -0.05) is 91.6 Å². The van der Waals surface area contributed by atoms with Gasteiger partial charge in [0.25, 0.3) is 5.91 Å². The van der Waals surface area contributed by atoms with E-state index in [1.165, 1.54) is 0 Å². The number of para-hydroxylation sites is 1. The lowest BCUT2D eigenvalue weighted by molar-refractivity contribution is -0.143. The van der Waals surface area contributed by atoms with Gasteiger partial charge in [-0.25, -0.2) is 0 Å². The average Bonchev–Trinajstić information content (AvgIpc) is 2.85. The minimum atomic E-state index is -0.792. The van der Waals surface area contributed by atoms with Crippen LogP contribution in [-0.4, -0.2) is 34.9 Å². The zero-order valence-electron chi connectivity index (χ0n) is 22.6. The zero-order valence-corrected chi connectivity index (χ0v) is 24.1. The summed E-state index contributed by atoms with van der Waals surface area (Å²) in [5.74, 6) is 0.315. The van der Waals surface area contributed by atoms with Crippen LogP contribution in [0.5, 0.6) is 5.75 Å². The van der Waals surface area contributed by atoms with Gasteiger partial charge in [-0.2, -0.15) is 0 Å². The van der Waals surface area contributed by atoms with Gasteiger partial charge in [0.15, 0.2) is 6.61 Å². The van der Waals surface area contributed by atoms with E-state index in [2.05, 4.69) is 19.2 Å². The maximum Gasteiger partial charge on any atom is 0.261 e. The third kappa shape index (κ3) is 8.50. The minimum Gasteiger partial charge on any atom is -0.483 e. The van der Waals surface area contributed by atoms with Gasteiger partial charge in [-0.15, -0.1) is 0 Å². The van der Waals surface area contributed by atoms with Gasteiger partial charge < -0.3 is 15.0 Å². The molecular formula is C31H36Cl2N2O3. The van der Waals surface area contributed by atoms with Crippen molar-refractivity contribution in [3.8, 4) is 5.75 Å². The van der Waals surface area contributed by atoms with Crippen molar-refractivity contribution in [1.82, 2.24) is 10.2 Å². The topological polar surface area (TPSA) is 58.6 Å². The minimum absolute atomic E-state index is 0.124. The Balaban J connectivity index is 1.98. The molecule has 0 heterocycles. The molecule has 0 radical (unpaired) electrons. The molecule has 0 saturated carbocycles. The van der Waals surface area contributed by atoms with Crippen LogP contribution < -0.4 is 10.1 Å². The number of halogens is 2. The van der Waals surface area contributed by atoms with Crippen molar-refractivity contribution in [2.45, 2.75) is 65.1 Å². The van der Waals surface area contributed by atoms with Crippen LogP contribution in [0.1, 0.15) is 57.2 Å². The normalized spacial score (nSPS) is 12.2. The van der Waals surface area contributed by atoms with Gasteiger partial charge in [-0.3, -0.25) is 9.59 Å². The largest absolute Gasteiger partial charge is 0.483 e. The highest BCUT2D eigenvalue weighted by molar-refractivity contribution is 6.35. The van der Waals surface area contributed by atoms with Crippen LogP contribution in [-0.2, 0) is 22.6 Å². The van der Waals surface area contributed by atoms with Crippen molar-refractivity contribution in [1.29, 1.82) is 0 Å². The molecule has 0 aromatic heterocycles. The van der Waals surface area contributed by atoms with Gasteiger partial charge >= 0.3 is 0 Å². The lowest BCUT2D eigenvalue weighted by Gasteiger charge is -2.34. The maximum atomic E-state index is 13.8. The van der Waals surface area contributed by atoms with Crippen molar-refractivity contribution in [2.75, 3.05) is 6.61 Å². The highest BCUT2D eigenvalue weighted by Gasteiger charge is 2.33. The van der Waals surface area contributed by atoms with Crippen LogP contribution in [0.2, 0.25) is 10.0 Å². The van der Waals surface area contributed by atoms with E-state index >= 15 is 0 Å². The predicted octanol–water partition coefficient (Wildman–Crippen LogP) is 7.05. The predicted molar refractivity (Wildman–Crippen MR) is 155 cm³/mol. The number of carbonyl (C=O) groups is 2. The molecule has 3 aromatic carbocycles. The van der Waals surface area contributed by atoms with Crippen molar-refractivity contribution >= 4 is 35.0 Å². The molecule has 38 heavy (non-hydrogen) atoms. The van der Waals surface area contributed by atoms with E-state index in [1.54, 1.807) is 23.1 Å². The molecule has 0 unspecified atom stereocenters.